The van der Waals surface area contributed by atoms with Crippen molar-refractivity contribution in [3.63, 3.8) is 0 Å². The molecule has 162 valence electrons. The van der Waals surface area contributed by atoms with Gasteiger partial charge in [-0.1, -0.05) is 41.4 Å². The Morgan fingerprint density at radius 2 is 1.81 bits per heavy atom. The van der Waals surface area contributed by atoms with Crippen molar-refractivity contribution in [1.82, 2.24) is 0 Å². The van der Waals surface area contributed by atoms with Crippen molar-refractivity contribution in [1.29, 1.82) is 0 Å². The van der Waals surface area contributed by atoms with Gasteiger partial charge in [0, 0.05) is 5.39 Å². The van der Waals surface area contributed by atoms with Crippen molar-refractivity contribution < 1.29 is 13.6 Å². The molecular formula is C23H17Cl2FN4O2. The number of fused-ring (bicyclic) bond motifs is 3. The molecule has 0 bridgehead atoms. The van der Waals surface area contributed by atoms with Crippen LogP contribution in [-0.2, 0) is 0 Å². The van der Waals surface area contributed by atoms with E-state index in [0.717, 1.165) is 11.1 Å². The normalized spacial score (nSPS) is 14.6. The Balaban J connectivity index is 1.49. The number of nitrogens with one attached hydrogen (secondary N) is 4. The molecule has 9 heteroatoms. The number of hydrogen-bond donors (Lipinski definition) is 4. The summed E-state index contributed by atoms with van der Waals surface area (Å²) in [5.41, 5.74) is 2.79. The van der Waals surface area contributed by atoms with Gasteiger partial charge in [-0.25, -0.2) is 4.39 Å². The number of carbonyl (C=O) groups excluding carboxylic acids is 1. The maximum Gasteiger partial charge on any atom is 0.259 e. The first-order valence-corrected chi connectivity index (χ1v) is 10.5. The molecule has 1 aromatic heterocycles. The van der Waals surface area contributed by atoms with Gasteiger partial charge >= 0.3 is 0 Å². The summed E-state index contributed by atoms with van der Waals surface area (Å²) in [6.07, 6.45) is -0.439. The second-order valence-corrected chi connectivity index (χ2v) is 8.16. The molecular weight excluding hydrogens is 454 g/mol. The van der Waals surface area contributed by atoms with E-state index in [4.69, 9.17) is 27.6 Å². The molecule has 32 heavy (non-hydrogen) atoms. The second-order valence-electron chi connectivity index (χ2n) is 7.34. The lowest BCUT2D eigenvalue weighted by Gasteiger charge is -2.17. The van der Waals surface area contributed by atoms with E-state index in [0.29, 0.717) is 32.8 Å². The van der Waals surface area contributed by atoms with Crippen LogP contribution in [0.1, 0.15) is 16.1 Å². The van der Waals surface area contributed by atoms with E-state index in [2.05, 4.69) is 21.3 Å². The molecule has 0 saturated heterocycles. The molecule has 0 aliphatic carbocycles. The minimum absolute atomic E-state index is 0.0911. The van der Waals surface area contributed by atoms with Crippen LogP contribution in [0.3, 0.4) is 0 Å². The van der Waals surface area contributed by atoms with Crippen molar-refractivity contribution in [3.05, 3.63) is 81.8 Å². The van der Waals surface area contributed by atoms with Gasteiger partial charge < -0.3 is 25.7 Å². The van der Waals surface area contributed by atoms with Gasteiger partial charge in [0.25, 0.3) is 5.91 Å². The van der Waals surface area contributed by atoms with Gasteiger partial charge in [-0.2, -0.15) is 0 Å². The van der Waals surface area contributed by atoms with E-state index in [1.807, 2.05) is 6.07 Å². The van der Waals surface area contributed by atoms with Gasteiger partial charge in [-0.15, -0.1) is 0 Å². The molecule has 0 saturated carbocycles. The fourth-order valence-corrected chi connectivity index (χ4v) is 4.21. The fraction of sp³-hybridized carbons (Fsp3) is 0.0870. The zero-order valence-electron chi connectivity index (χ0n) is 16.7. The Kier molecular flexibility index (Phi) is 5.07. The number of halogens is 3. The fourth-order valence-electron chi connectivity index (χ4n) is 3.71. The predicted octanol–water partition coefficient (Wildman–Crippen LogP) is 6.67. The van der Waals surface area contributed by atoms with Crippen molar-refractivity contribution in [2.75, 3.05) is 21.3 Å². The monoisotopic (exact) mass is 470 g/mol. The standard InChI is InChI=1S/C23H17Cl2FN4O2/c1-11-9-12-19-18(28-23(29-19)30-20-14(24)5-4-6-15(20)25)10-13(21(12)32-11)22(31)27-17-8-3-2-7-16(17)26/h2-10,23,28-30H,1H3,(H,27,31). The van der Waals surface area contributed by atoms with E-state index in [1.165, 1.54) is 12.1 Å². The maximum absolute atomic E-state index is 14.0. The predicted molar refractivity (Wildman–Crippen MR) is 126 cm³/mol. The minimum Gasteiger partial charge on any atom is -0.460 e. The summed E-state index contributed by atoms with van der Waals surface area (Å²) in [6, 6.07) is 14.7. The largest absolute Gasteiger partial charge is 0.460 e. The first-order valence-electron chi connectivity index (χ1n) is 9.77. The molecule has 4 N–H and O–H groups in total. The van der Waals surface area contributed by atoms with Gasteiger partial charge in [0.1, 0.15) is 17.2 Å². The van der Waals surface area contributed by atoms with E-state index in [1.54, 1.807) is 43.3 Å². The summed E-state index contributed by atoms with van der Waals surface area (Å²) in [6.45, 7) is 1.80. The molecule has 0 radical (unpaired) electrons. The highest BCUT2D eigenvalue weighted by molar-refractivity contribution is 6.39. The van der Waals surface area contributed by atoms with E-state index in [9.17, 15) is 9.18 Å². The molecule has 0 spiro atoms. The number of furan rings is 1. The number of benzene rings is 3. The van der Waals surface area contributed by atoms with Crippen molar-refractivity contribution in [3.8, 4) is 0 Å². The molecule has 0 fully saturated rings. The van der Waals surface area contributed by atoms with Crippen molar-refractivity contribution in [2.24, 2.45) is 0 Å². The third-order valence-corrected chi connectivity index (χ3v) is 5.76. The van der Waals surface area contributed by atoms with E-state index < -0.39 is 18.0 Å². The Hall–Kier alpha value is -3.42. The summed E-state index contributed by atoms with van der Waals surface area (Å²) in [5, 5.41) is 14.1. The van der Waals surface area contributed by atoms with Gasteiger partial charge in [-0.3, -0.25) is 4.79 Å². The first-order chi connectivity index (χ1) is 15.4. The van der Waals surface area contributed by atoms with Crippen LogP contribution < -0.4 is 21.3 Å². The van der Waals surface area contributed by atoms with Crippen LogP contribution in [-0.4, -0.2) is 12.2 Å². The summed E-state index contributed by atoms with van der Waals surface area (Å²) in [5.74, 6) is -0.361. The molecule has 5 rings (SSSR count). The highest BCUT2D eigenvalue weighted by atomic mass is 35.5. The quantitative estimate of drug-likeness (QED) is 0.267. The summed E-state index contributed by atoms with van der Waals surface area (Å²) >= 11 is 12.5. The van der Waals surface area contributed by atoms with Gasteiger partial charge in [0.15, 0.2) is 6.29 Å². The van der Waals surface area contributed by atoms with Gasteiger partial charge in [0.05, 0.1) is 38.4 Å². The summed E-state index contributed by atoms with van der Waals surface area (Å²) in [7, 11) is 0. The Labute approximate surface area is 192 Å². The number of carbonyl (C=O) groups is 1. The Morgan fingerprint density at radius 3 is 2.56 bits per heavy atom. The molecule has 1 atom stereocenters. The Bertz CT molecular complexity index is 1350. The average Bonchev–Trinajstić information content (AvgIpc) is 3.34. The smallest absolute Gasteiger partial charge is 0.259 e. The molecule has 4 aromatic rings. The minimum atomic E-state index is -0.519. The topological polar surface area (TPSA) is 78.3 Å². The van der Waals surface area contributed by atoms with Crippen LogP contribution in [0.5, 0.6) is 0 Å². The lowest BCUT2D eigenvalue weighted by molar-refractivity contribution is 0.102. The molecule has 2 heterocycles. The molecule has 3 aromatic carbocycles. The highest BCUT2D eigenvalue weighted by Gasteiger charge is 2.28. The van der Waals surface area contributed by atoms with Crippen molar-refractivity contribution in [2.45, 2.75) is 13.2 Å². The number of amides is 1. The van der Waals surface area contributed by atoms with Crippen LogP contribution in [0.25, 0.3) is 11.0 Å². The van der Waals surface area contributed by atoms with Gasteiger partial charge in [0.2, 0.25) is 0 Å². The Morgan fingerprint density at radius 1 is 1.06 bits per heavy atom. The third kappa shape index (κ3) is 3.59. The zero-order chi connectivity index (χ0) is 22.4. The van der Waals surface area contributed by atoms with Crippen LogP contribution >= 0.6 is 23.2 Å². The highest BCUT2D eigenvalue weighted by Crippen LogP contribution is 2.41. The van der Waals surface area contributed by atoms with Crippen LogP contribution in [0.15, 0.2) is 59.0 Å². The molecule has 1 aliphatic heterocycles. The molecule has 1 unspecified atom stereocenters. The first kappa shape index (κ1) is 20.5. The number of aryl methyl sites for hydroxylation is 1. The maximum atomic E-state index is 14.0. The lowest BCUT2D eigenvalue weighted by atomic mass is 10.1. The number of para-hydroxylation sites is 2. The van der Waals surface area contributed by atoms with E-state index >= 15 is 0 Å². The zero-order valence-corrected chi connectivity index (χ0v) is 18.2. The second kappa shape index (κ2) is 7.93. The number of anilines is 4. The third-order valence-electron chi connectivity index (χ3n) is 5.13. The average molecular weight is 471 g/mol. The van der Waals surface area contributed by atoms with Crippen LogP contribution in [0.4, 0.5) is 27.1 Å². The van der Waals surface area contributed by atoms with Crippen molar-refractivity contribution >= 4 is 62.8 Å². The molecule has 1 aliphatic rings. The SMILES string of the molecule is Cc1cc2c3c(cc(C(=O)Nc4ccccc4F)c2o1)NC(Nc1c(Cl)cccc1Cl)N3. The molecule has 1 amide bonds. The van der Waals surface area contributed by atoms with Gasteiger partial charge in [-0.05, 0) is 43.3 Å². The lowest BCUT2D eigenvalue weighted by Crippen LogP contribution is -2.31. The van der Waals surface area contributed by atoms with Crippen LogP contribution in [0.2, 0.25) is 10.0 Å². The van der Waals surface area contributed by atoms with Crippen LogP contribution in [0, 0.1) is 12.7 Å². The molecule has 6 nitrogen and oxygen atoms in total. The number of rotatable bonds is 4. The summed E-state index contributed by atoms with van der Waals surface area (Å²) in [4.78, 5) is 13.0. The number of hydrogen-bond acceptors (Lipinski definition) is 5. The van der Waals surface area contributed by atoms with E-state index in [-0.39, 0.29) is 11.3 Å². The summed E-state index contributed by atoms with van der Waals surface area (Å²) < 4.78 is 19.9.